The molecule has 1 heterocycles. The summed E-state index contributed by atoms with van der Waals surface area (Å²) in [6.45, 7) is 2.81. The third-order valence-electron chi connectivity index (χ3n) is 1.16. The number of aliphatic imine (C=N–C) groups is 1. The van der Waals surface area contributed by atoms with E-state index in [0.29, 0.717) is 13.1 Å². The topological polar surface area (TPSA) is 71.4 Å². The maximum atomic E-state index is 11.0. The molecular formula is C5H12N2NaO4P. The van der Waals surface area contributed by atoms with Crippen molar-refractivity contribution in [2.45, 2.75) is 6.92 Å². The summed E-state index contributed by atoms with van der Waals surface area (Å²) in [6.07, 6.45) is 1.36. The summed E-state index contributed by atoms with van der Waals surface area (Å²) < 4.78 is 20.1. The van der Waals surface area contributed by atoms with E-state index in [9.17, 15) is 4.57 Å². The van der Waals surface area contributed by atoms with Gasteiger partial charge in [-0.1, -0.05) is 0 Å². The number of nitrogens with zero attached hydrogens (tertiary/aromatic N) is 2. The zero-order valence-corrected chi connectivity index (χ0v) is 7.61. The summed E-state index contributed by atoms with van der Waals surface area (Å²) in [5, 5.41) is 1.19. The van der Waals surface area contributed by atoms with Gasteiger partial charge in [0.15, 0.2) is 0 Å². The molecule has 0 fully saturated rings. The van der Waals surface area contributed by atoms with Crippen molar-refractivity contribution in [1.29, 1.82) is 0 Å². The third-order valence-corrected chi connectivity index (χ3v) is 2.16. The number of phosphoric ester groups is 1. The van der Waals surface area contributed by atoms with Crippen LogP contribution < -0.4 is 0 Å². The summed E-state index contributed by atoms with van der Waals surface area (Å²) in [5.41, 5.74) is 0. The van der Waals surface area contributed by atoms with E-state index in [1.165, 1.54) is 11.4 Å². The molecule has 0 aromatic heterocycles. The SMILES string of the molecule is CCOP(=O)(O)ON1C=NCC1.[NaH]. The van der Waals surface area contributed by atoms with Crippen molar-refractivity contribution in [3.8, 4) is 0 Å². The molecule has 1 N–H and O–H groups in total. The molecule has 0 radical (unpaired) electrons. The molecule has 1 aliphatic rings. The Bertz CT molecular complexity index is 225. The second-order valence-electron chi connectivity index (χ2n) is 2.13. The van der Waals surface area contributed by atoms with Gasteiger partial charge in [-0.2, -0.15) is 4.62 Å². The van der Waals surface area contributed by atoms with Crippen LogP contribution in [0.2, 0.25) is 0 Å². The summed E-state index contributed by atoms with van der Waals surface area (Å²) in [5.74, 6) is 0. The van der Waals surface area contributed by atoms with E-state index >= 15 is 0 Å². The van der Waals surface area contributed by atoms with Crippen LogP contribution in [0.4, 0.5) is 0 Å². The van der Waals surface area contributed by atoms with Crippen molar-refractivity contribution in [1.82, 2.24) is 5.06 Å². The van der Waals surface area contributed by atoms with Crippen LogP contribution in [0.1, 0.15) is 6.92 Å². The molecule has 0 aromatic carbocycles. The molecule has 0 spiro atoms. The van der Waals surface area contributed by atoms with Gasteiger partial charge in [0.1, 0.15) is 6.34 Å². The van der Waals surface area contributed by atoms with E-state index in [1.54, 1.807) is 6.92 Å². The van der Waals surface area contributed by atoms with Crippen LogP contribution in [0.3, 0.4) is 0 Å². The quantitative estimate of drug-likeness (QED) is 0.520. The Balaban J connectivity index is 0.00000144. The second kappa shape index (κ2) is 6.14. The fraction of sp³-hybridized carbons (Fsp3) is 0.800. The zero-order chi connectivity index (χ0) is 9.03. The zero-order valence-electron chi connectivity index (χ0n) is 6.71. The molecule has 0 saturated carbocycles. The van der Waals surface area contributed by atoms with Crippen molar-refractivity contribution in [2.24, 2.45) is 4.99 Å². The first-order valence-corrected chi connectivity index (χ1v) is 5.07. The van der Waals surface area contributed by atoms with Crippen LogP contribution in [0.5, 0.6) is 0 Å². The van der Waals surface area contributed by atoms with Gasteiger partial charge in [0.2, 0.25) is 0 Å². The number of phosphoric acid groups is 1. The average Bonchev–Trinajstić information content (AvgIpc) is 2.38. The van der Waals surface area contributed by atoms with Crippen LogP contribution in [0.15, 0.2) is 4.99 Å². The Hall–Kier alpha value is 0.580. The van der Waals surface area contributed by atoms with E-state index < -0.39 is 7.82 Å². The first-order valence-electron chi connectivity index (χ1n) is 3.57. The van der Waals surface area contributed by atoms with Crippen molar-refractivity contribution in [3.63, 3.8) is 0 Å². The van der Waals surface area contributed by atoms with Crippen LogP contribution in [-0.2, 0) is 13.7 Å². The Kier molecular flexibility index (Phi) is 6.41. The summed E-state index contributed by atoms with van der Waals surface area (Å²) in [7, 11) is -3.91. The summed E-state index contributed by atoms with van der Waals surface area (Å²) in [4.78, 5) is 12.8. The number of rotatable bonds is 4. The van der Waals surface area contributed by atoms with Gasteiger partial charge in [-0.05, 0) is 6.92 Å². The average molecular weight is 218 g/mol. The second-order valence-corrected chi connectivity index (χ2v) is 3.49. The molecule has 1 atom stereocenters. The summed E-state index contributed by atoms with van der Waals surface area (Å²) in [6, 6.07) is 0. The van der Waals surface area contributed by atoms with Gasteiger partial charge in [-0.15, -0.1) is 0 Å². The normalized spacial score (nSPS) is 19.7. The van der Waals surface area contributed by atoms with E-state index in [2.05, 4.69) is 14.1 Å². The Morgan fingerprint density at radius 2 is 2.46 bits per heavy atom. The van der Waals surface area contributed by atoms with E-state index in [0.717, 1.165) is 0 Å². The molecule has 0 aliphatic carbocycles. The van der Waals surface area contributed by atoms with Gasteiger partial charge in [0.25, 0.3) is 0 Å². The molecule has 1 aliphatic heterocycles. The fourth-order valence-corrected chi connectivity index (χ4v) is 1.51. The number of hydrogen-bond acceptors (Lipinski definition) is 5. The van der Waals surface area contributed by atoms with E-state index in [4.69, 9.17) is 4.89 Å². The molecule has 0 saturated heterocycles. The first kappa shape index (κ1) is 13.6. The molecule has 72 valence electrons. The fourth-order valence-electron chi connectivity index (χ4n) is 0.744. The molecule has 13 heavy (non-hydrogen) atoms. The third kappa shape index (κ3) is 5.12. The molecule has 0 aromatic rings. The van der Waals surface area contributed by atoms with Crippen molar-refractivity contribution < 1.29 is 18.6 Å². The number of hydroxylamine groups is 2. The molecule has 1 unspecified atom stereocenters. The molecule has 1 rings (SSSR count). The van der Waals surface area contributed by atoms with Crippen LogP contribution >= 0.6 is 7.82 Å². The minimum atomic E-state index is -3.91. The predicted molar refractivity (Wildman–Crippen MR) is 49.8 cm³/mol. The van der Waals surface area contributed by atoms with Gasteiger partial charge >= 0.3 is 37.4 Å². The maximum absolute atomic E-state index is 11.0. The van der Waals surface area contributed by atoms with Crippen LogP contribution in [0, 0.1) is 0 Å². The standard InChI is InChI=1S/C5H11N2O4P.Na.H/c1-2-10-12(8,9)11-7-4-3-6-5-7;;/h5H,2-4H2,1H3,(H,8,9);;. The molecule has 0 amide bonds. The van der Waals surface area contributed by atoms with E-state index in [1.807, 2.05) is 0 Å². The predicted octanol–water partition coefficient (Wildman–Crippen LogP) is -0.250. The molecular weight excluding hydrogens is 206 g/mol. The summed E-state index contributed by atoms with van der Waals surface area (Å²) >= 11 is 0. The van der Waals surface area contributed by atoms with Gasteiger partial charge in [0, 0.05) is 0 Å². The minimum absolute atomic E-state index is 0. The Morgan fingerprint density at radius 3 is 2.92 bits per heavy atom. The van der Waals surface area contributed by atoms with Crippen LogP contribution in [0.25, 0.3) is 0 Å². The monoisotopic (exact) mass is 218 g/mol. The number of hydrogen-bond donors (Lipinski definition) is 1. The molecule has 0 bridgehead atoms. The van der Waals surface area contributed by atoms with Crippen molar-refractivity contribution >= 4 is 43.7 Å². The van der Waals surface area contributed by atoms with Gasteiger partial charge in [-0.3, -0.25) is 9.52 Å². The van der Waals surface area contributed by atoms with Gasteiger partial charge in [-0.25, -0.2) is 9.63 Å². The van der Waals surface area contributed by atoms with Crippen molar-refractivity contribution in [2.75, 3.05) is 19.7 Å². The molecule has 6 nitrogen and oxygen atoms in total. The Morgan fingerprint density at radius 1 is 1.77 bits per heavy atom. The van der Waals surface area contributed by atoms with Crippen molar-refractivity contribution in [3.05, 3.63) is 0 Å². The van der Waals surface area contributed by atoms with E-state index in [-0.39, 0.29) is 36.2 Å². The first-order chi connectivity index (χ1) is 5.64. The van der Waals surface area contributed by atoms with Crippen LogP contribution in [-0.4, -0.2) is 65.5 Å². The van der Waals surface area contributed by atoms with Gasteiger partial charge < -0.3 is 4.89 Å². The molecule has 8 heteroatoms. The Labute approximate surface area is 98.8 Å². The van der Waals surface area contributed by atoms with Gasteiger partial charge in [0.05, 0.1) is 19.7 Å².